The van der Waals surface area contributed by atoms with Crippen LogP contribution in [0, 0.1) is 0 Å². The maximum Gasteiger partial charge on any atom is 0.534 e. The molecule has 1 heterocycles. The molecular weight excluding hydrogens is 421 g/mol. The van der Waals surface area contributed by atoms with Crippen molar-refractivity contribution in [3.63, 3.8) is 0 Å². The standard InChI is InChI=1S/C16H19F3N2O7S/c1-27-14(22)9-11-2-3-13(28-29(25,26)16(17,18)19)12(8-11)10-20-4-6-21(7-5-20)15(23)24/h2-3,8H,4-7,9-10H2,1H3,(H,23,24)/p-1. The van der Waals surface area contributed by atoms with E-state index in [9.17, 15) is 36.3 Å². The number of nitrogens with zero attached hydrogens (tertiary/aromatic N) is 2. The van der Waals surface area contributed by atoms with E-state index in [-0.39, 0.29) is 44.7 Å². The van der Waals surface area contributed by atoms with Crippen molar-refractivity contribution >= 4 is 22.2 Å². The van der Waals surface area contributed by atoms with E-state index in [2.05, 4.69) is 8.92 Å². The van der Waals surface area contributed by atoms with Crippen molar-refractivity contribution in [2.75, 3.05) is 33.3 Å². The van der Waals surface area contributed by atoms with Gasteiger partial charge >= 0.3 is 21.6 Å². The second-order valence-electron chi connectivity index (χ2n) is 6.21. The molecule has 0 radical (unpaired) electrons. The molecule has 0 bridgehead atoms. The molecule has 1 fully saturated rings. The lowest BCUT2D eigenvalue weighted by Crippen LogP contribution is -2.52. The molecule has 2 rings (SSSR count). The average molecular weight is 439 g/mol. The Balaban J connectivity index is 2.26. The molecule has 0 spiro atoms. The summed E-state index contributed by atoms with van der Waals surface area (Å²) in [5.41, 5.74) is -5.12. The molecule has 0 unspecified atom stereocenters. The molecule has 1 saturated heterocycles. The normalized spacial score (nSPS) is 15.8. The minimum absolute atomic E-state index is 0.0153. The Hall–Kier alpha value is -2.54. The highest BCUT2D eigenvalue weighted by molar-refractivity contribution is 7.88. The largest absolute Gasteiger partial charge is 0.534 e. The number of piperazine rings is 1. The summed E-state index contributed by atoms with van der Waals surface area (Å²) in [7, 11) is -4.71. The van der Waals surface area contributed by atoms with Crippen LogP contribution in [0.1, 0.15) is 11.1 Å². The van der Waals surface area contributed by atoms with Gasteiger partial charge in [0.05, 0.1) is 13.5 Å². The van der Waals surface area contributed by atoms with Gasteiger partial charge in [0.25, 0.3) is 0 Å². The zero-order chi connectivity index (χ0) is 21.8. The first-order valence-corrected chi connectivity index (χ1v) is 9.71. The number of amides is 1. The Morgan fingerprint density at radius 3 is 2.31 bits per heavy atom. The van der Waals surface area contributed by atoms with E-state index in [1.807, 2.05) is 0 Å². The van der Waals surface area contributed by atoms with E-state index in [1.165, 1.54) is 19.2 Å². The number of alkyl halides is 3. The highest BCUT2D eigenvalue weighted by Gasteiger charge is 2.48. The fourth-order valence-electron chi connectivity index (χ4n) is 2.68. The molecular formula is C16H18F3N2O7S-. The average Bonchev–Trinajstić information content (AvgIpc) is 2.63. The fourth-order valence-corrected chi connectivity index (χ4v) is 3.17. The highest BCUT2D eigenvalue weighted by Crippen LogP contribution is 2.30. The molecule has 13 heteroatoms. The molecule has 1 amide bonds. The van der Waals surface area contributed by atoms with Gasteiger partial charge in [-0.3, -0.25) is 9.69 Å². The number of halogens is 3. The lowest BCUT2D eigenvalue weighted by atomic mass is 10.1. The first kappa shape index (κ1) is 22.7. The van der Waals surface area contributed by atoms with Gasteiger partial charge in [-0.15, -0.1) is 0 Å². The summed E-state index contributed by atoms with van der Waals surface area (Å²) in [4.78, 5) is 25.1. The van der Waals surface area contributed by atoms with E-state index in [4.69, 9.17) is 0 Å². The molecule has 0 saturated carbocycles. The Labute approximate surface area is 164 Å². The van der Waals surface area contributed by atoms with Gasteiger partial charge in [0.1, 0.15) is 11.8 Å². The molecule has 1 aromatic rings. The molecule has 0 aromatic heterocycles. The second kappa shape index (κ2) is 8.86. The summed E-state index contributed by atoms with van der Waals surface area (Å²) < 4.78 is 69.6. The Kier molecular flexibility index (Phi) is 6.95. The van der Waals surface area contributed by atoms with Gasteiger partial charge in [0.15, 0.2) is 0 Å². The number of rotatable bonds is 6. The second-order valence-corrected chi connectivity index (χ2v) is 7.75. The Bertz CT molecular complexity index is 866. The number of carboxylic acid groups (broad SMARTS) is 1. The van der Waals surface area contributed by atoms with E-state index >= 15 is 0 Å². The van der Waals surface area contributed by atoms with Crippen LogP contribution < -0.4 is 9.29 Å². The van der Waals surface area contributed by atoms with Gasteiger partial charge in [0.2, 0.25) is 0 Å². The first-order chi connectivity index (χ1) is 13.4. The van der Waals surface area contributed by atoms with Crippen LogP contribution in [0.4, 0.5) is 18.0 Å². The van der Waals surface area contributed by atoms with Gasteiger partial charge in [0, 0.05) is 38.3 Å². The lowest BCUT2D eigenvalue weighted by molar-refractivity contribution is -0.266. The quantitative estimate of drug-likeness (QED) is 0.348. The van der Waals surface area contributed by atoms with E-state index in [0.717, 1.165) is 11.0 Å². The monoisotopic (exact) mass is 439 g/mol. The molecule has 0 aliphatic carbocycles. The SMILES string of the molecule is COC(=O)Cc1ccc(OS(=O)(=O)C(F)(F)F)c(CN2CCN(C(=O)[O-])CC2)c1. The van der Waals surface area contributed by atoms with Gasteiger partial charge in [-0.2, -0.15) is 21.6 Å². The first-order valence-electron chi connectivity index (χ1n) is 8.30. The highest BCUT2D eigenvalue weighted by atomic mass is 32.2. The summed E-state index contributed by atoms with van der Waals surface area (Å²) >= 11 is 0. The topological polar surface area (TPSA) is 116 Å². The van der Waals surface area contributed by atoms with Crippen molar-refractivity contribution in [2.24, 2.45) is 0 Å². The van der Waals surface area contributed by atoms with Gasteiger partial charge in [-0.25, -0.2) is 0 Å². The number of carbonyl (C=O) groups excluding carboxylic acids is 2. The number of hydrogen-bond acceptors (Lipinski definition) is 8. The van der Waals surface area contributed by atoms with E-state index in [1.54, 1.807) is 4.90 Å². The number of ether oxygens (including phenoxy) is 1. The van der Waals surface area contributed by atoms with Crippen LogP contribution in [0.15, 0.2) is 18.2 Å². The summed E-state index contributed by atoms with van der Waals surface area (Å²) in [5, 5.41) is 10.9. The van der Waals surface area contributed by atoms with Crippen LogP contribution >= 0.6 is 0 Å². The molecule has 1 aliphatic rings. The summed E-state index contributed by atoms with van der Waals surface area (Å²) in [5.74, 6) is -1.12. The summed E-state index contributed by atoms with van der Waals surface area (Å²) in [6.07, 6.45) is -1.50. The fraction of sp³-hybridized carbons (Fsp3) is 0.500. The Morgan fingerprint density at radius 2 is 1.79 bits per heavy atom. The zero-order valence-electron chi connectivity index (χ0n) is 15.3. The van der Waals surface area contributed by atoms with Crippen molar-refractivity contribution in [1.82, 2.24) is 9.80 Å². The smallest absolute Gasteiger partial charge is 0.530 e. The predicted molar refractivity (Wildman–Crippen MR) is 90.0 cm³/mol. The number of benzene rings is 1. The van der Waals surface area contributed by atoms with Gasteiger partial charge < -0.3 is 23.7 Å². The molecule has 162 valence electrons. The van der Waals surface area contributed by atoms with Crippen LogP contribution in [0.2, 0.25) is 0 Å². The van der Waals surface area contributed by atoms with Gasteiger partial charge in [-0.1, -0.05) is 12.1 Å². The Morgan fingerprint density at radius 1 is 1.17 bits per heavy atom. The number of esters is 1. The minimum atomic E-state index is -5.88. The molecule has 0 N–H and O–H groups in total. The van der Waals surface area contributed by atoms with Gasteiger partial charge in [-0.05, 0) is 11.6 Å². The number of methoxy groups -OCH3 is 1. The van der Waals surface area contributed by atoms with Crippen LogP contribution in [0.5, 0.6) is 5.75 Å². The number of carbonyl (C=O) groups is 2. The maximum atomic E-state index is 12.7. The van der Waals surface area contributed by atoms with Crippen molar-refractivity contribution < 1.29 is 45.2 Å². The van der Waals surface area contributed by atoms with Crippen LogP contribution in [0.3, 0.4) is 0 Å². The van der Waals surface area contributed by atoms with Crippen LogP contribution in [0.25, 0.3) is 0 Å². The third-order valence-electron chi connectivity index (χ3n) is 4.21. The van der Waals surface area contributed by atoms with Crippen molar-refractivity contribution in [2.45, 2.75) is 18.5 Å². The van der Waals surface area contributed by atoms with Crippen LogP contribution in [-0.2, 0) is 32.6 Å². The minimum Gasteiger partial charge on any atom is -0.530 e. The van der Waals surface area contributed by atoms with Crippen molar-refractivity contribution in [1.29, 1.82) is 0 Å². The summed E-state index contributed by atoms with van der Waals surface area (Å²) in [6.45, 7) is 0.738. The maximum absolute atomic E-state index is 12.7. The molecule has 29 heavy (non-hydrogen) atoms. The van der Waals surface area contributed by atoms with Crippen LogP contribution in [-0.4, -0.2) is 69.1 Å². The molecule has 1 aromatic carbocycles. The van der Waals surface area contributed by atoms with Crippen molar-refractivity contribution in [3.8, 4) is 5.75 Å². The van der Waals surface area contributed by atoms with E-state index < -0.39 is 33.4 Å². The molecule has 0 atom stereocenters. The molecule has 9 nitrogen and oxygen atoms in total. The van der Waals surface area contributed by atoms with Crippen molar-refractivity contribution in [3.05, 3.63) is 29.3 Å². The summed E-state index contributed by atoms with van der Waals surface area (Å²) in [6, 6.07) is 3.65. The zero-order valence-corrected chi connectivity index (χ0v) is 16.1. The third-order valence-corrected chi connectivity index (χ3v) is 5.17. The van der Waals surface area contributed by atoms with E-state index in [0.29, 0.717) is 5.56 Å². The number of hydrogen-bond donors (Lipinski definition) is 0. The molecule has 1 aliphatic heterocycles. The predicted octanol–water partition coefficient (Wildman–Crippen LogP) is 0.0914. The lowest BCUT2D eigenvalue weighted by Gasteiger charge is -2.36. The third kappa shape index (κ3) is 5.97.